The summed E-state index contributed by atoms with van der Waals surface area (Å²) in [5.41, 5.74) is 0.797. The van der Waals surface area contributed by atoms with E-state index in [1.54, 1.807) is 24.3 Å². The number of nitrogens with one attached hydrogen (secondary N) is 1. The van der Waals surface area contributed by atoms with Crippen molar-refractivity contribution < 1.29 is 36.2 Å². The molecule has 0 atom stereocenters. The second-order valence-electron chi connectivity index (χ2n) is 8.29. The van der Waals surface area contributed by atoms with Crippen LogP contribution in [0.4, 0.5) is 8.78 Å². The zero-order valence-corrected chi connectivity index (χ0v) is 20.6. The van der Waals surface area contributed by atoms with Crippen LogP contribution >= 0.6 is 0 Å². The van der Waals surface area contributed by atoms with Gasteiger partial charge in [0.15, 0.2) is 11.5 Å². The van der Waals surface area contributed by atoms with Crippen LogP contribution in [0.2, 0.25) is 0 Å². The number of amides is 1. The average Bonchev–Trinajstić information content (AvgIpc) is 3.19. The quantitative estimate of drug-likeness (QED) is 0.407. The monoisotopic (exact) mass is 529 g/mol. The van der Waals surface area contributed by atoms with E-state index in [1.165, 1.54) is 17.9 Å². The molecule has 1 N–H and O–H groups in total. The molecular weight excluding hydrogens is 508 g/mol. The Hall–Kier alpha value is -4.19. The molecule has 1 amide bonds. The fourth-order valence-corrected chi connectivity index (χ4v) is 4.84. The highest BCUT2D eigenvalue weighted by molar-refractivity contribution is 7.89. The lowest BCUT2D eigenvalue weighted by atomic mass is 10.0. The van der Waals surface area contributed by atoms with Crippen molar-refractivity contribution in [1.82, 2.24) is 14.3 Å². The van der Waals surface area contributed by atoms with E-state index in [-0.39, 0.29) is 35.9 Å². The van der Waals surface area contributed by atoms with Crippen molar-refractivity contribution in [3.8, 4) is 28.5 Å². The zero-order valence-electron chi connectivity index (χ0n) is 19.7. The third-order valence-corrected chi connectivity index (χ3v) is 6.35. The van der Waals surface area contributed by atoms with Crippen LogP contribution in [0.15, 0.2) is 48.7 Å². The fourth-order valence-electron chi connectivity index (χ4n) is 4.40. The molecule has 3 heterocycles. The number of pyridine rings is 1. The molecule has 0 spiro atoms. The lowest BCUT2D eigenvalue weighted by molar-refractivity contribution is 0.0974. The van der Waals surface area contributed by atoms with E-state index < -0.39 is 27.6 Å². The van der Waals surface area contributed by atoms with Crippen LogP contribution in [0, 0.1) is 11.6 Å². The summed E-state index contributed by atoms with van der Waals surface area (Å²) in [5.74, 6) is -1.47. The number of nitrogens with zero attached hydrogens (tertiary/aromatic N) is 2. The number of hydrogen-bond acceptors (Lipinski definition) is 7. The maximum absolute atomic E-state index is 14.7. The summed E-state index contributed by atoms with van der Waals surface area (Å²) >= 11 is 0. The second-order valence-corrected chi connectivity index (χ2v) is 10.0. The summed E-state index contributed by atoms with van der Waals surface area (Å²) in [6, 6.07) is 9.53. The molecular formula is C25H21F2N3O6S. The number of rotatable bonds is 6. The van der Waals surface area contributed by atoms with E-state index in [1.807, 2.05) is 4.72 Å². The summed E-state index contributed by atoms with van der Waals surface area (Å²) in [7, 11) is -2.59. The molecule has 37 heavy (non-hydrogen) atoms. The van der Waals surface area contributed by atoms with E-state index in [2.05, 4.69) is 4.98 Å². The summed E-state index contributed by atoms with van der Waals surface area (Å²) < 4.78 is 73.4. The Bertz CT molecular complexity index is 1650. The van der Waals surface area contributed by atoms with Crippen LogP contribution in [0.3, 0.4) is 0 Å². The molecule has 2 aromatic heterocycles. The largest absolute Gasteiger partial charge is 0.486 e. The van der Waals surface area contributed by atoms with E-state index >= 15 is 0 Å². The van der Waals surface area contributed by atoms with Crippen molar-refractivity contribution in [2.24, 2.45) is 0 Å². The van der Waals surface area contributed by atoms with Gasteiger partial charge in [0.2, 0.25) is 15.9 Å². The predicted molar refractivity (Wildman–Crippen MR) is 130 cm³/mol. The second kappa shape index (κ2) is 9.36. The number of benzene rings is 2. The van der Waals surface area contributed by atoms with Gasteiger partial charge in [-0.05, 0) is 42.5 Å². The molecule has 192 valence electrons. The highest BCUT2D eigenvalue weighted by Crippen LogP contribution is 2.47. The number of carbonyl (C=O) groups excluding carboxylic acids is 1. The number of sulfonamides is 1. The van der Waals surface area contributed by atoms with E-state index in [0.717, 1.165) is 24.5 Å². The van der Waals surface area contributed by atoms with Crippen LogP contribution in [0.25, 0.3) is 22.0 Å². The highest BCUT2D eigenvalue weighted by atomic mass is 32.2. The summed E-state index contributed by atoms with van der Waals surface area (Å²) in [6.07, 6.45) is 2.34. The van der Waals surface area contributed by atoms with Crippen molar-refractivity contribution in [2.45, 2.75) is 6.54 Å². The Balaban J connectivity index is 1.91. The summed E-state index contributed by atoms with van der Waals surface area (Å²) in [5, 5.41) is 0.402. The molecule has 2 aromatic carbocycles. The molecule has 0 saturated heterocycles. The first-order chi connectivity index (χ1) is 17.7. The molecule has 0 fully saturated rings. The maximum atomic E-state index is 14.7. The van der Waals surface area contributed by atoms with E-state index in [0.29, 0.717) is 34.6 Å². The lowest BCUT2D eigenvalue weighted by Crippen LogP contribution is -2.31. The zero-order chi connectivity index (χ0) is 26.3. The molecule has 0 saturated carbocycles. The minimum Gasteiger partial charge on any atom is -0.486 e. The summed E-state index contributed by atoms with van der Waals surface area (Å²) in [4.78, 5) is 17.8. The van der Waals surface area contributed by atoms with E-state index in [4.69, 9.17) is 14.2 Å². The molecule has 0 unspecified atom stereocenters. The van der Waals surface area contributed by atoms with E-state index in [9.17, 15) is 22.0 Å². The molecule has 1 aliphatic heterocycles. The summed E-state index contributed by atoms with van der Waals surface area (Å²) in [6.45, 7) is 0.236. The van der Waals surface area contributed by atoms with Crippen molar-refractivity contribution in [3.63, 3.8) is 0 Å². The molecule has 9 nitrogen and oxygen atoms in total. The molecule has 0 radical (unpaired) electrons. The number of halogens is 2. The molecule has 5 rings (SSSR count). The van der Waals surface area contributed by atoms with Crippen molar-refractivity contribution in [1.29, 1.82) is 0 Å². The van der Waals surface area contributed by atoms with Gasteiger partial charge in [-0.15, -0.1) is 0 Å². The Labute approximate surface area is 210 Å². The highest BCUT2D eigenvalue weighted by Gasteiger charge is 2.32. The first-order valence-electron chi connectivity index (χ1n) is 11.1. The first kappa shape index (κ1) is 24.5. The van der Waals surface area contributed by atoms with Gasteiger partial charge in [0, 0.05) is 22.9 Å². The first-order valence-corrected chi connectivity index (χ1v) is 13.0. The van der Waals surface area contributed by atoms with Gasteiger partial charge in [-0.1, -0.05) is 0 Å². The van der Waals surface area contributed by atoms with Gasteiger partial charge in [0.1, 0.15) is 30.5 Å². The number of aromatic nitrogens is 2. The Morgan fingerprint density at radius 2 is 1.95 bits per heavy atom. The fraction of sp³-hybridized carbons (Fsp3) is 0.200. The number of hydrogen-bond donors (Lipinski definition) is 1. The van der Waals surface area contributed by atoms with Gasteiger partial charge >= 0.3 is 0 Å². The van der Waals surface area contributed by atoms with Crippen LogP contribution in [-0.2, 0) is 16.6 Å². The van der Waals surface area contributed by atoms with Gasteiger partial charge in [0.25, 0.3) is 5.91 Å². The number of carbonyl (C=O) groups is 1. The van der Waals surface area contributed by atoms with Crippen LogP contribution in [-0.4, -0.2) is 50.5 Å². The van der Waals surface area contributed by atoms with Crippen LogP contribution in [0.5, 0.6) is 17.4 Å². The lowest BCUT2D eigenvalue weighted by Gasteiger charge is -2.20. The number of fused-ring (bicyclic) bond motifs is 3. The van der Waals surface area contributed by atoms with Gasteiger partial charge in [-0.2, -0.15) is 0 Å². The van der Waals surface area contributed by atoms with Gasteiger partial charge in [0.05, 0.1) is 30.8 Å². The Morgan fingerprint density at radius 1 is 1.16 bits per heavy atom. The topological polar surface area (TPSA) is 109 Å². The van der Waals surface area contributed by atoms with Crippen molar-refractivity contribution in [3.05, 3.63) is 71.6 Å². The predicted octanol–water partition coefficient (Wildman–Crippen LogP) is 3.50. The molecule has 4 aromatic rings. The van der Waals surface area contributed by atoms with Gasteiger partial charge in [-0.3, -0.25) is 4.79 Å². The van der Waals surface area contributed by atoms with Crippen LogP contribution in [0.1, 0.15) is 16.1 Å². The standard InChI is InChI=1S/C25H21F2N3O6S/c1-34-25-16(4-3-9-28-25)20-21-18(7-8-19-23(21)36-11-10-35-19)30(22(20)24(31)29-37(2,32)33)13-14-12-15(26)5-6-17(14)27/h3-9,12H,10-11,13H2,1-2H3,(H,29,31). The van der Waals surface area contributed by atoms with Crippen molar-refractivity contribution in [2.75, 3.05) is 26.6 Å². The smallest absolute Gasteiger partial charge is 0.282 e. The normalized spacial score (nSPS) is 13.0. The third-order valence-electron chi connectivity index (χ3n) is 5.80. The third kappa shape index (κ3) is 4.55. The maximum Gasteiger partial charge on any atom is 0.282 e. The molecule has 0 aliphatic carbocycles. The van der Waals surface area contributed by atoms with Crippen molar-refractivity contribution >= 4 is 26.8 Å². The van der Waals surface area contributed by atoms with Gasteiger partial charge in [-0.25, -0.2) is 26.9 Å². The van der Waals surface area contributed by atoms with Crippen LogP contribution < -0.4 is 18.9 Å². The molecule has 12 heteroatoms. The Kier molecular flexibility index (Phi) is 6.20. The molecule has 0 bridgehead atoms. The minimum atomic E-state index is -4.00. The Morgan fingerprint density at radius 3 is 2.70 bits per heavy atom. The number of methoxy groups -OCH3 is 1. The number of ether oxygens (including phenoxy) is 3. The minimum absolute atomic E-state index is 0.0510. The van der Waals surface area contributed by atoms with Gasteiger partial charge < -0.3 is 18.8 Å². The SMILES string of the molecule is COc1ncccc1-c1c(C(=O)NS(C)(=O)=O)n(Cc2cc(F)ccc2F)c2ccc3c(c12)OCCO3. The molecule has 1 aliphatic rings. The average molecular weight is 530 g/mol.